The van der Waals surface area contributed by atoms with Gasteiger partial charge in [0.1, 0.15) is 51.9 Å². The summed E-state index contributed by atoms with van der Waals surface area (Å²) in [7, 11) is 3.83. The molecule has 3 aromatic heterocycles. The van der Waals surface area contributed by atoms with Crippen LogP contribution in [-0.2, 0) is 14.2 Å². The van der Waals surface area contributed by atoms with E-state index in [0.29, 0.717) is 46.2 Å². The zero-order chi connectivity index (χ0) is 58.7. The first kappa shape index (κ1) is 69.2. The third kappa shape index (κ3) is 19.5. The number of nitrogens with zero attached hydrogens (tertiary/aromatic N) is 7. The highest BCUT2D eigenvalue weighted by atomic mass is 35.5. The second kappa shape index (κ2) is 29.8. The first-order valence-corrected chi connectivity index (χ1v) is 27.0. The van der Waals surface area contributed by atoms with E-state index in [9.17, 15) is 23.2 Å². The lowest BCUT2D eigenvalue weighted by Crippen LogP contribution is -2.48. The molecule has 3 unspecified atom stereocenters. The summed E-state index contributed by atoms with van der Waals surface area (Å²) in [6.45, 7) is 24.1. The number of carbonyl (C=O) groups is 3. The van der Waals surface area contributed by atoms with Gasteiger partial charge in [0.05, 0.1) is 53.6 Å². The minimum absolute atomic E-state index is 0. The van der Waals surface area contributed by atoms with Crippen molar-refractivity contribution >= 4 is 64.1 Å². The summed E-state index contributed by atoms with van der Waals surface area (Å²) in [5, 5.41) is 22.0. The molecule has 0 spiro atoms. The molecular formula is C56H81Cl2F2N11O9S. The molecule has 5 aromatic rings. The van der Waals surface area contributed by atoms with Gasteiger partial charge in [-0.3, -0.25) is 30.7 Å². The molecule has 0 aliphatic carbocycles. The fraction of sp³-hybridized carbons (Fsp3) is 0.518. The van der Waals surface area contributed by atoms with Gasteiger partial charge in [0.15, 0.2) is 23.1 Å². The van der Waals surface area contributed by atoms with Crippen LogP contribution in [0.3, 0.4) is 0 Å². The molecule has 0 saturated carbocycles. The highest BCUT2D eigenvalue weighted by Gasteiger charge is 2.43. The number of hydrazine groups is 1. The number of aliphatic hydroxyl groups excluding tert-OH is 1. The molecular weight excluding hydrogens is 1110 g/mol. The zero-order valence-electron chi connectivity index (χ0n) is 47.0. The van der Waals surface area contributed by atoms with Gasteiger partial charge in [-0.25, -0.2) is 23.5 Å². The van der Waals surface area contributed by atoms with Crippen molar-refractivity contribution in [2.45, 2.75) is 145 Å². The number of aliphatic hydroxyl groups is 1. The molecule has 0 radical (unpaired) electrons. The monoisotopic (exact) mass is 1190 g/mol. The molecule has 2 aromatic carbocycles. The summed E-state index contributed by atoms with van der Waals surface area (Å²) in [6.07, 6.45) is 2.92. The smallest absolute Gasteiger partial charge is 0.412 e. The van der Waals surface area contributed by atoms with Crippen molar-refractivity contribution in [3.63, 3.8) is 0 Å². The number of nitrogens with two attached hydrogens (primary N) is 1. The Hall–Kier alpha value is -6.05. The molecule has 448 valence electrons. The number of benzene rings is 2. The summed E-state index contributed by atoms with van der Waals surface area (Å²) in [5.41, 5.74) is 10.1. The van der Waals surface area contributed by atoms with Gasteiger partial charge in [0.2, 0.25) is 0 Å². The molecule has 6 N–H and O–H groups in total. The largest absolute Gasteiger partial charge is 0.489 e. The van der Waals surface area contributed by atoms with Crippen LogP contribution in [0.5, 0.6) is 11.5 Å². The molecule has 3 amide bonds. The maximum Gasteiger partial charge on any atom is 0.412 e. The molecule has 3 atom stereocenters. The Morgan fingerprint density at radius 1 is 0.852 bits per heavy atom. The number of hydrogen-bond donors (Lipinski definition) is 5. The molecule has 25 heteroatoms. The predicted molar refractivity (Wildman–Crippen MR) is 315 cm³/mol. The van der Waals surface area contributed by atoms with Crippen LogP contribution >= 0.6 is 34.5 Å². The average Bonchev–Trinajstić information content (AvgIpc) is 4.11. The lowest BCUT2D eigenvalue weighted by molar-refractivity contribution is -0.0618. The second-order valence-corrected chi connectivity index (χ2v) is 23.0. The summed E-state index contributed by atoms with van der Waals surface area (Å²) in [5.74, 6) is -1.37. The minimum atomic E-state index is -0.773. The van der Waals surface area contributed by atoms with E-state index in [1.54, 1.807) is 17.2 Å². The zero-order valence-corrected chi connectivity index (χ0v) is 49.4. The van der Waals surface area contributed by atoms with Gasteiger partial charge >= 0.3 is 6.09 Å². The van der Waals surface area contributed by atoms with Crippen molar-refractivity contribution in [1.29, 1.82) is 0 Å². The maximum atomic E-state index is 14.6. The van der Waals surface area contributed by atoms with Crippen molar-refractivity contribution in [3.8, 4) is 32.6 Å². The number of amides is 3. The Labute approximate surface area is 489 Å². The Bertz CT molecular complexity index is 2900. The van der Waals surface area contributed by atoms with E-state index in [4.69, 9.17) is 57.7 Å². The van der Waals surface area contributed by atoms with Crippen LogP contribution in [-0.4, -0.2) is 142 Å². The standard InChI is InChI=1S/C23H29ClFN5O4.C20H23ClFN5O2S.C11H21NO3.2CH4/c1-13(2)30(5)20-8-14(6-7-26-20)21(31)28-29-22(32)16-9-18(25)19(10-17(16)24)33-11-15-12-34-23(3,4)27-15;1-11(2)27(3)18-6-12(4-5-24-18)19-25-26-20(30-19)14-7-16(22)17(8-15(14)21)29-10-13(23)9-28;1-8-7-14-11(5,6)12(8)9(13)15-10(2,3)4;;/h6-10,13,15,27H,11-12H2,1-5H3,(H,28,31)(H,29,32);4-8,11,13,28H,9-10,23H2,1-3H3;8H,7H2,1-6H3;2*1H4. The van der Waals surface area contributed by atoms with E-state index in [1.807, 2.05) is 100 Å². The highest BCUT2D eigenvalue weighted by molar-refractivity contribution is 7.18. The van der Waals surface area contributed by atoms with Crippen molar-refractivity contribution in [2.24, 2.45) is 5.73 Å². The first-order valence-electron chi connectivity index (χ1n) is 25.4. The molecule has 81 heavy (non-hydrogen) atoms. The highest BCUT2D eigenvalue weighted by Crippen LogP contribution is 2.38. The van der Waals surface area contributed by atoms with Gasteiger partial charge in [-0.1, -0.05) is 49.4 Å². The SMILES string of the molecule is C.C.CC(C)N(C)c1cc(-c2nnc(-c3cc(F)c(OCC(N)CO)cc3Cl)s2)ccn1.CC(C)N(C)c1cc(C(=O)NNC(=O)c2cc(F)c(OCC3COC(C)(C)N3)cc2Cl)ccn1.CC1COC(C)(C)N1C(=O)OC(C)(C)C. The van der Waals surface area contributed by atoms with Crippen molar-refractivity contribution in [3.05, 3.63) is 93.7 Å². The second-order valence-electron chi connectivity index (χ2n) is 21.2. The Kier molecular flexibility index (Phi) is 25.5. The lowest BCUT2D eigenvalue weighted by atomic mass is 10.2. The van der Waals surface area contributed by atoms with Crippen molar-refractivity contribution in [1.82, 2.24) is 41.2 Å². The summed E-state index contributed by atoms with van der Waals surface area (Å²) in [4.78, 5) is 51.1. The van der Waals surface area contributed by atoms with E-state index < -0.39 is 46.5 Å². The molecule has 2 aliphatic rings. The normalized spacial score (nSPS) is 16.3. The number of halogens is 4. The number of nitrogens with one attached hydrogen (secondary N) is 3. The number of hydrogen-bond acceptors (Lipinski definition) is 18. The van der Waals surface area contributed by atoms with Gasteiger partial charge in [0.25, 0.3) is 11.8 Å². The number of rotatable bonds is 15. The van der Waals surface area contributed by atoms with Crippen LogP contribution in [0.1, 0.15) is 119 Å². The van der Waals surface area contributed by atoms with Crippen LogP contribution in [0.2, 0.25) is 10.0 Å². The topological polar surface area (TPSA) is 241 Å². The lowest BCUT2D eigenvalue weighted by Gasteiger charge is -2.34. The Balaban J connectivity index is 0.000000336. The van der Waals surface area contributed by atoms with Crippen LogP contribution in [0.4, 0.5) is 25.2 Å². The summed E-state index contributed by atoms with van der Waals surface area (Å²) >= 11 is 13.8. The minimum Gasteiger partial charge on any atom is -0.489 e. The van der Waals surface area contributed by atoms with E-state index in [2.05, 4.69) is 55.1 Å². The van der Waals surface area contributed by atoms with E-state index in [0.717, 1.165) is 17.4 Å². The quantitative estimate of drug-likeness (QED) is 0.0612. The third-order valence-corrected chi connectivity index (χ3v) is 13.7. The van der Waals surface area contributed by atoms with Crippen LogP contribution in [0.25, 0.3) is 21.1 Å². The molecule has 20 nitrogen and oxygen atoms in total. The van der Waals surface area contributed by atoms with E-state index in [1.165, 1.54) is 41.8 Å². The van der Waals surface area contributed by atoms with Gasteiger partial charge in [-0.15, -0.1) is 10.2 Å². The average molecular weight is 1190 g/mol. The Morgan fingerprint density at radius 2 is 1.42 bits per heavy atom. The van der Waals surface area contributed by atoms with Crippen LogP contribution in [0, 0.1) is 11.6 Å². The summed E-state index contributed by atoms with van der Waals surface area (Å²) < 4.78 is 56.3. The Morgan fingerprint density at radius 3 is 1.99 bits per heavy atom. The van der Waals surface area contributed by atoms with Crippen molar-refractivity contribution in [2.75, 3.05) is 56.9 Å². The van der Waals surface area contributed by atoms with Crippen LogP contribution < -0.4 is 41.2 Å². The predicted octanol–water partition coefficient (Wildman–Crippen LogP) is 10.1. The van der Waals surface area contributed by atoms with Gasteiger partial charge in [0, 0.05) is 67.4 Å². The fourth-order valence-corrected chi connectivity index (χ4v) is 8.88. The summed E-state index contributed by atoms with van der Waals surface area (Å²) in [6, 6.07) is 11.6. The molecule has 2 aliphatic heterocycles. The van der Waals surface area contributed by atoms with Crippen LogP contribution in [0.15, 0.2) is 60.9 Å². The third-order valence-electron chi connectivity index (χ3n) is 12.1. The van der Waals surface area contributed by atoms with E-state index >= 15 is 0 Å². The van der Waals surface area contributed by atoms with Crippen molar-refractivity contribution < 1.29 is 52.0 Å². The number of pyridine rings is 2. The number of anilines is 2. The fourth-order valence-electron chi connectivity index (χ4n) is 7.47. The maximum absolute atomic E-state index is 14.6. The molecule has 7 rings (SSSR count). The number of ether oxygens (including phenoxy) is 5. The van der Waals surface area contributed by atoms with Gasteiger partial charge < -0.3 is 44.3 Å². The molecule has 2 saturated heterocycles. The number of carbonyl (C=O) groups excluding carboxylic acids is 3. The molecule has 0 bridgehead atoms. The molecule has 2 fully saturated rings. The van der Waals surface area contributed by atoms with E-state index in [-0.39, 0.29) is 86.0 Å². The van der Waals surface area contributed by atoms with Gasteiger partial charge in [-0.05, 0) is 119 Å². The first-order chi connectivity index (χ1) is 36.9. The van der Waals surface area contributed by atoms with Gasteiger partial charge in [-0.2, -0.15) is 0 Å². The molecule has 5 heterocycles. The number of aromatic nitrogens is 4.